The summed E-state index contributed by atoms with van der Waals surface area (Å²) < 4.78 is 28.0. The lowest BCUT2D eigenvalue weighted by atomic mass is 10.3. The maximum Gasteiger partial charge on any atom is 0.232 e. The average Bonchev–Trinajstić information content (AvgIpc) is 2.90. The normalized spacial score (nSPS) is 11.4. The fourth-order valence-electron chi connectivity index (χ4n) is 1.71. The van der Waals surface area contributed by atoms with Gasteiger partial charge in [0.1, 0.15) is 0 Å². The minimum absolute atomic E-state index is 0.0320. The van der Waals surface area contributed by atoms with Crippen LogP contribution in [0.25, 0.3) is 5.69 Å². The second kappa shape index (κ2) is 6.12. The molecule has 0 aliphatic rings. The van der Waals surface area contributed by atoms with Crippen molar-refractivity contribution in [3.63, 3.8) is 0 Å². The molecule has 0 aliphatic carbocycles. The SMILES string of the molecule is O=S(=O)(CCCCl)Nc1cccc(-n2cccc2)c1. The molecule has 0 atom stereocenters. The second-order valence-electron chi connectivity index (χ2n) is 4.10. The van der Waals surface area contributed by atoms with E-state index < -0.39 is 10.0 Å². The Kier molecular flexibility index (Phi) is 4.50. The van der Waals surface area contributed by atoms with Crippen LogP contribution >= 0.6 is 11.6 Å². The predicted octanol–water partition coefficient (Wildman–Crippen LogP) is 2.85. The first-order chi connectivity index (χ1) is 9.11. The van der Waals surface area contributed by atoms with Crippen molar-refractivity contribution in [1.82, 2.24) is 4.57 Å². The molecule has 1 N–H and O–H groups in total. The summed E-state index contributed by atoms with van der Waals surface area (Å²) in [5, 5.41) is 0. The number of anilines is 1. The van der Waals surface area contributed by atoms with Crippen LogP contribution in [0.4, 0.5) is 5.69 Å². The summed E-state index contributed by atoms with van der Waals surface area (Å²) in [5.41, 5.74) is 1.46. The van der Waals surface area contributed by atoms with Crippen LogP contribution < -0.4 is 4.72 Å². The molecule has 2 rings (SSSR count). The molecule has 6 heteroatoms. The molecule has 0 amide bonds. The fraction of sp³-hybridized carbons (Fsp3) is 0.231. The van der Waals surface area contributed by atoms with Crippen LogP contribution in [0.3, 0.4) is 0 Å². The zero-order chi connectivity index (χ0) is 13.7. The number of nitrogens with one attached hydrogen (secondary N) is 1. The topological polar surface area (TPSA) is 51.1 Å². The number of benzene rings is 1. The zero-order valence-electron chi connectivity index (χ0n) is 10.3. The van der Waals surface area contributed by atoms with Crippen LogP contribution in [0.5, 0.6) is 0 Å². The van der Waals surface area contributed by atoms with Crippen LogP contribution in [0.1, 0.15) is 6.42 Å². The number of alkyl halides is 1. The predicted molar refractivity (Wildman–Crippen MR) is 78.5 cm³/mol. The first kappa shape index (κ1) is 14.0. The first-order valence-electron chi connectivity index (χ1n) is 5.90. The Labute approximate surface area is 118 Å². The summed E-state index contributed by atoms with van der Waals surface area (Å²) in [7, 11) is -3.33. The van der Waals surface area contributed by atoms with E-state index in [0.717, 1.165) is 5.69 Å². The molecule has 1 heterocycles. The minimum atomic E-state index is -3.33. The quantitative estimate of drug-likeness (QED) is 0.834. The highest BCUT2D eigenvalue weighted by Gasteiger charge is 2.10. The van der Waals surface area contributed by atoms with E-state index in [1.165, 1.54) is 0 Å². The Hall–Kier alpha value is -1.46. The summed E-state index contributed by atoms with van der Waals surface area (Å²) in [6.07, 6.45) is 4.25. The van der Waals surface area contributed by atoms with Crippen LogP contribution in [-0.2, 0) is 10.0 Å². The molecule has 0 radical (unpaired) electrons. The Morgan fingerprint density at radius 1 is 1.16 bits per heavy atom. The highest BCUT2D eigenvalue weighted by molar-refractivity contribution is 7.92. The van der Waals surface area contributed by atoms with E-state index in [-0.39, 0.29) is 5.75 Å². The standard InChI is InChI=1S/C13H15ClN2O2S/c14-7-4-10-19(17,18)15-12-5-3-6-13(11-12)16-8-1-2-9-16/h1-3,5-6,8-9,11,15H,4,7,10H2. The molecule has 4 nitrogen and oxygen atoms in total. The summed E-state index contributed by atoms with van der Waals surface area (Å²) in [5.74, 6) is 0.370. The van der Waals surface area contributed by atoms with Gasteiger partial charge in [-0.25, -0.2) is 8.42 Å². The van der Waals surface area contributed by atoms with Gasteiger partial charge < -0.3 is 4.57 Å². The lowest BCUT2D eigenvalue weighted by molar-refractivity contribution is 0.600. The van der Waals surface area contributed by atoms with Gasteiger partial charge in [-0.1, -0.05) is 6.07 Å². The minimum Gasteiger partial charge on any atom is -0.324 e. The Morgan fingerprint density at radius 3 is 2.58 bits per heavy atom. The van der Waals surface area contributed by atoms with E-state index in [0.29, 0.717) is 18.0 Å². The summed E-state index contributed by atoms with van der Waals surface area (Å²) in [4.78, 5) is 0. The number of nitrogens with zero attached hydrogens (tertiary/aromatic N) is 1. The van der Waals surface area contributed by atoms with Crippen LogP contribution in [0.15, 0.2) is 48.8 Å². The number of hydrogen-bond donors (Lipinski definition) is 1. The van der Waals surface area contributed by atoms with Crippen molar-refractivity contribution < 1.29 is 8.42 Å². The smallest absolute Gasteiger partial charge is 0.232 e. The van der Waals surface area contributed by atoms with Gasteiger partial charge >= 0.3 is 0 Å². The number of sulfonamides is 1. The molecule has 2 aromatic rings. The Morgan fingerprint density at radius 2 is 1.89 bits per heavy atom. The van der Waals surface area contributed by atoms with Crippen molar-refractivity contribution in [2.75, 3.05) is 16.4 Å². The van der Waals surface area contributed by atoms with Gasteiger partial charge in [-0.2, -0.15) is 0 Å². The van der Waals surface area contributed by atoms with E-state index in [1.807, 2.05) is 41.2 Å². The van der Waals surface area contributed by atoms with Crippen molar-refractivity contribution in [2.24, 2.45) is 0 Å². The van der Waals surface area contributed by atoms with E-state index in [2.05, 4.69) is 4.72 Å². The molecule has 0 saturated carbocycles. The summed E-state index contributed by atoms with van der Waals surface area (Å²) in [6.45, 7) is 0. The molecule has 1 aromatic heterocycles. The van der Waals surface area contributed by atoms with E-state index >= 15 is 0 Å². The van der Waals surface area contributed by atoms with E-state index in [9.17, 15) is 8.42 Å². The number of hydrogen-bond acceptors (Lipinski definition) is 2. The van der Waals surface area contributed by atoms with Gasteiger partial charge in [0, 0.05) is 24.0 Å². The third-order valence-electron chi connectivity index (χ3n) is 2.57. The maximum absolute atomic E-state index is 11.8. The van der Waals surface area contributed by atoms with Gasteiger partial charge in [-0.05, 0) is 36.8 Å². The lowest BCUT2D eigenvalue weighted by Gasteiger charge is -2.09. The van der Waals surface area contributed by atoms with Gasteiger partial charge in [0.05, 0.1) is 11.4 Å². The largest absolute Gasteiger partial charge is 0.324 e. The van der Waals surface area contributed by atoms with Crippen LogP contribution in [-0.4, -0.2) is 24.6 Å². The van der Waals surface area contributed by atoms with Crippen molar-refractivity contribution in [1.29, 1.82) is 0 Å². The van der Waals surface area contributed by atoms with Crippen molar-refractivity contribution in [2.45, 2.75) is 6.42 Å². The Balaban J connectivity index is 2.16. The molecule has 0 saturated heterocycles. The summed E-state index contributed by atoms with van der Waals surface area (Å²) in [6, 6.07) is 11.1. The molecule has 0 fully saturated rings. The lowest BCUT2D eigenvalue weighted by Crippen LogP contribution is -2.17. The van der Waals surface area contributed by atoms with Crippen LogP contribution in [0.2, 0.25) is 0 Å². The summed E-state index contributed by atoms with van der Waals surface area (Å²) >= 11 is 5.51. The highest BCUT2D eigenvalue weighted by Crippen LogP contribution is 2.16. The van der Waals surface area contributed by atoms with Gasteiger partial charge in [-0.15, -0.1) is 11.6 Å². The molecular weight excluding hydrogens is 284 g/mol. The number of rotatable bonds is 6. The third kappa shape index (κ3) is 4.01. The van der Waals surface area contributed by atoms with Crippen molar-refractivity contribution in [3.8, 4) is 5.69 Å². The van der Waals surface area contributed by atoms with Crippen molar-refractivity contribution in [3.05, 3.63) is 48.8 Å². The molecule has 1 aromatic carbocycles. The molecule has 0 spiro atoms. The van der Waals surface area contributed by atoms with Gasteiger partial charge in [0.2, 0.25) is 10.0 Å². The van der Waals surface area contributed by atoms with Gasteiger partial charge in [0.15, 0.2) is 0 Å². The molecule has 102 valence electrons. The van der Waals surface area contributed by atoms with Crippen LogP contribution in [0, 0.1) is 0 Å². The monoisotopic (exact) mass is 298 g/mol. The highest BCUT2D eigenvalue weighted by atomic mass is 35.5. The molecule has 19 heavy (non-hydrogen) atoms. The fourth-order valence-corrected chi connectivity index (χ4v) is 3.12. The van der Waals surface area contributed by atoms with E-state index in [4.69, 9.17) is 11.6 Å². The molecular formula is C13H15ClN2O2S. The average molecular weight is 299 g/mol. The van der Waals surface area contributed by atoms with Gasteiger partial charge in [-0.3, -0.25) is 4.72 Å². The van der Waals surface area contributed by atoms with Gasteiger partial charge in [0.25, 0.3) is 0 Å². The molecule has 0 bridgehead atoms. The Bertz CT molecular complexity index is 624. The zero-order valence-corrected chi connectivity index (χ0v) is 11.9. The molecule has 0 aliphatic heterocycles. The number of halogens is 1. The third-order valence-corrected chi connectivity index (χ3v) is 4.21. The van der Waals surface area contributed by atoms with Crippen molar-refractivity contribution >= 4 is 27.3 Å². The second-order valence-corrected chi connectivity index (χ2v) is 6.32. The van der Waals surface area contributed by atoms with E-state index in [1.54, 1.807) is 12.1 Å². The first-order valence-corrected chi connectivity index (χ1v) is 8.09. The molecule has 0 unspecified atom stereocenters. The number of aromatic nitrogens is 1. The maximum atomic E-state index is 11.8.